The Morgan fingerprint density at radius 3 is 2.62 bits per heavy atom. The molecule has 2 rings (SSSR count). The molecule has 0 amide bonds. The van der Waals surface area contributed by atoms with Crippen molar-refractivity contribution in [1.29, 1.82) is 0 Å². The monoisotopic (exact) mass is 290 g/mol. The zero-order valence-electron chi connectivity index (χ0n) is 11.6. The summed E-state index contributed by atoms with van der Waals surface area (Å²) in [5.74, 6) is 0.245. The molecule has 0 fully saturated rings. The van der Waals surface area contributed by atoms with Gasteiger partial charge < -0.3 is 10.5 Å². The maximum absolute atomic E-state index is 12.9. The smallest absolute Gasteiger partial charge is 0.138 e. The fourth-order valence-corrected chi connectivity index (χ4v) is 1.85. The third-order valence-corrected chi connectivity index (χ3v) is 3.01. The molecule has 0 saturated carbocycles. The van der Waals surface area contributed by atoms with Gasteiger partial charge in [0.05, 0.1) is 18.2 Å². The van der Waals surface area contributed by atoms with E-state index >= 15 is 0 Å². The minimum absolute atomic E-state index is 0.0873. The van der Waals surface area contributed by atoms with Crippen LogP contribution in [0.5, 0.6) is 5.75 Å². The minimum atomic E-state index is -0.288. The topological polar surface area (TPSA) is 48.1 Å². The molecule has 1 heterocycles. The van der Waals surface area contributed by atoms with Gasteiger partial charge in [0.2, 0.25) is 0 Å². The lowest BCUT2D eigenvalue weighted by atomic mass is 10.1. The van der Waals surface area contributed by atoms with Crippen LogP contribution in [0.1, 0.15) is 5.56 Å². The first-order chi connectivity index (χ1) is 10.1. The first kappa shape index (κ1) is 15.1. The third kappa shape index (κ3) is 3.86. The Morgan fingerprint density at radius 1 is 1.33 bits per heavy atom. The van der Waals surface area contributed by atoms with Crippen LogP contribution in [-0.2, 0) is 0 Å². The highest BCUT2D eigenvalue weighted by atomic mass is 19.1. The second-order valence-electron chi connectivity index (χ2n) is 4.60. The summed E-state index contributed by atoms with van der Waals surface area (Å²) < 4.78 is 30.7. The van der Waals surface area contributed by atoms with E-state index in [1.807, 2.05) is 6.92 Å². The zero-order valence-corrected chi connectivity index (χ0v) is 11.6. The first-order valence-corrected chi connectivity index (χ1v) is 6.47. The molecule has 21 heavy (non-hydrogen) atoms. The van der Waals surface area contributed by atoms with E-state index in [1.165, 1.54) is 12.1 Å². The van der Waals surface area contributed by atoms with E-state index in [0.717, 1.165) is 16.8 Å². The predicted octanol–water partition coefficient (Wildman–Crippen LogP) is 3.39. The fraction of sp³-hybridized carbons (Fsp3) is 0.188. The van der Waals surface area contributed by atoms with Crippen molar-refractivity contribution in [2.75, 3.05) is 13.2 Å². The maximum atomic E-state index is 12.9. The van der Waals surface area contributed by atoms with E-state index in [9.17, 15) is 8.78 Å². The average Bonchev–Trinajstić information content (AvgIpc) is 2.49. The van der Waals surface area contributed by atoms with Crippen LogP contribution < -0.4 is 10.5 Å². The van der Waals surface area contributed by atoms with Gasteiger partial charge in [-0.1, -0.05) is 0 Å². The van der Waals surface area contributed by atoms with Crippen molar-refractivity contribution in [3.63, 3.8) is 0 Å². The Bertz CT molecular complexity index is 639. The van der Waals surface area contributed by atoms with E-state index in [0.29, 0.717) is 17.7 Å². The van der Waals surface area contributed by atoms with Gasteiger partial charge in [0.1, 0.15) is 18.2 Å². The number of pyridine rings is 1. The molecule has 1 aromatic carbocycles. The second kappa shape index (κ2) is 6.95. The highest BCUT2D eigenvalue weighted by molar-refractivity contribution is 5.63. The van der Waals surface area contributed by atoms with Gasteiger partial charge in [-0.2, -0.15) is 0 Å². The third-order valence-electron chi connectivity index (χ3n) is 3.01. The molecule has 0 spiro atoms. The number of nitrogens with two attached hydrogens (primary N) is 1. The molecular formula is C16H16F2N2O. The van der Waals surface area contributed by atoms with Gasteiger partial charge in [0.25, 0.3) is 0 Å². The molecule has 0 aliphatic rings. The molecular weight excluding hydrogens is 274 g/mol. The molecule has 110 valence electrons. The van der Waals surface area contributed by atoms with Crippen LogP contribution in [0.25, 0.3) is 11.3 Å². The quantitative estimate of drug-likeness (QED) is 0.918. The Hall–Kier alpha value is -2.27. The van der Waals surface area contributed by atoms with E-state index in [2.05, 4.69) is 4.98 Å². The van der Waals surface area contributed by atoms with Crippen molar-refractivity contribution >= 4 is 0 Å². The number of nitrogens with zero attached hydrogens (tertiary/aromatic N) is 1. The lowest BCUT2D eigenvalue weighted by Crippen LogP contribution is -2.11. The van der Waals surface area contributed by atoms with E-state index in [-0.39, 0.29) is 19.0 Å². The molecule has 3 nitrogen and oxygen atoms in total. The normalized spacial score (nSPS) is 11.5. The number of rotatable bonds is 5. The van der Waals surface area contributed by atoms with Crippen LogP contribution in [0.15, 0.2) is 48.4 Å². The highest BCUT2D eigenvalue weighted by Crippen LogP contribution is 2.24. The molecule has 0 radical (unpaired) electrons. The molecule has 0 aliphatic carbocycles. The van der Waals surface area contributed by atoms with Crippen molar-refractivity contribution in [3.8, 4) is 17.0 Å². The summed E-state index contributed by atoms with van der Waals surface area (Å²) in [4.78, 5) is 4.32. The number of hydrogen-bond acceptors (Lipinski definition) is 3. The second-order valence-corrected chi connectivity index (χ2v) is 4.60. The van der Waals surface area contributed by atoms with Gasteiger partial charge in [-0.15, -0.1) is 0 Å². The maximum Gasteiger partial charge on any atom is 0.138 e. The molecule has 2 aromatic rings. The number of aryl methyl sites for hydroxylation is 1. The summed E-state index contributed by atoms with van der Waals surface area (Å²) in [6.07, 6.45) is 2.01. The lowest BCUT2D eigenvalue weighted by molar-refractivity contribution is 0.346. The van der Waals surface area contributed by atoms with Crippen molar-refractivity contribution in [1.82, 2.24) is 4.98 Å². The molecule has 2 N–H and O–H groups in total. The van der Waals surface area contributed by atoms with Gasteiger partial charge in [0.15, 0.2) is 0 Å². The summed E-state index contributed by atoms with van der Waals surface area (Å²) in [6.45, 7) is 2.08. The number of ether oxygens (including phenoxy) is 1. The Balaban J connectivity index is 2.16. The van der Waals surface area contributed by atoms with Crippen molar-refractivity contribution in [2.45, 2.75) is 6.92 Å². The van der Waals surface area contributed by atoms with Gasteiger partial charge >= 0.3 is 0 Å². The summed E-state index contributed by atoms with van der Waals surface area (Å²) in [7, 11) is 0. The van der Waals surface area contributed by atoms with E-state index < -0.39 is 0 Å². The van der Waals surface area contributed by atoms with Crippen LogP contribution in [0, 0.1) is 12.7 Å². The van der Waals surface area contributed by atoms with Crippen LogP contribution in [0.4, 0.5) is 8.78 Å². The summed E-state index contributed by atoms with van der Waals surface area (Å²) in [6, 6.07) is 7.92. The molecule has 1 aromatic heterocycles. The Kier molecular flexibility index (Phi) is 5.00. The van der Waals surface area contributed by atoms with Crippen LogP contribution in [0.2, 0.25) is 0 Å². The molecule has 0 atom stereocenters. The van der Waals surface area contributed by atoms with Gasteiger partial charge in [-0.05, 0) is 42.8 Å². The number of benzene rings is 1. The zero-order chi connectivity index (χ0) is 15.2. The molecule has 0 saturated heterocycles. The van der Waals surface area contributed by atoms with Gasteiger partial charge in [-0.3, -0.25) is 4.98 Å². The summed E-state index contributed by atoms with van der Waals surface area (Å²) in [5, 5.41) is 0. The van der Waals surface area contributed by atoms with Gasteiger partial charge in [-0.25, -0.2) is 8.78 Å². The van der Waals surface area contributed by atoms with Crippen LogP contribution in [-0.4, -0.2) is 18.1 Å². The van der Waals surface area contributed by atoms with E-state index in [1.54, 1.807) is 24.4 Å². The first-order valence-electron chi connectivity index (χ1n) is 6.47. The van der Waals surface area contributed by atoms with Crippen molar-refractivity contribution in [3.05, 3.63) is 59.8 Å². The Morgan fingerprint density at radius 2 is 2.05 bits per heavy atom. The molecule has 5 heteroatoms. The van der Waals surface area contributed by atoms with Crippen molar-refractivity contribution < 1.29 is 13.5 Å². The largest absolute Gasteiger partial charge is 0.487 e. The Labute approximate surface area is 122 Å². The average molecular weight is 290 g/mol. The number of aromatic nitrogens is 1. The summed E-state index contributed by atoms with van der Waals surface area (Å²) >= 11 is 0. The number of halogens is 2. The van der Waals surface area contributed by atoms with E-state index in [4.69, 9.17) is 10.5 Å². The van der Waals surface area contributed by atoms with Crippen LogP contribution in [0.3, 0.4) is 0 Å². The van der Waals surface area contributed by atoms with Gasteiger partial charge in [0, 0.05) is 17.7 Å². The predicted molar refractivity (Wildman–Crippen MR) is 78.1 cm³/mol. The lowest BCUT2D eigenvalue weighted by Gasteiger charge is -2.10. The summed E-state index contributed by atoms with van der Waals surface area (Å²) in [5.41, 5.74) is 8.19. The van der Waals surface area contributed by atoms with Crippen LogP contribution >= 0.6 is 0 Å². The minimum Gasteiger partial charge on any atom is -0.487 e. The standard InChI is InChI=1S/C16H16F2N2O/c1-11-6-15(21-10-12(7-17)8-19)9-20-16(11)13-2-4-14(18)5-3-13/h2-7,9H,8,10,19H2,1H3. The highest BCUT2D eigenvalue weighted by Gasteiger charge is 2.06. The SMILES string of the molecule is Cc1cc(OCC(=CF)CN)cnc1-c1ccc(F)cc1. The number of hydrogen-bond donors (Lipinski definition) is 1. The van der Waals surface area contributed by atoms with Crippen molar-refractivity contribution in [2.24, 2.45) is 5.73 Å². The molecule has 0 bridgehead atoms. The fourth-order valence-electron chi connectivity index (χ4n) is 1.85. The molecule has 0 aliphatic heterocycles. The molecule has 0 unspecified atom stereocenters.